The summed E-state index contributed by atoms with van der Waals surface area (Å²) in [5.74, 6) is 0.865. The SMILES string of the molecule is COc1ccc2c(c1)[nH]c1c(C)nccc12.Cl.Cl. The standard InChI is InChI=1S/C13H12N2O.2ClH/c1-8-13-11(5-6-14-8)10-4-3-9(16-2)7-12(10)15-13;;/h3-7,15H,1-2H3;2*1H. The molecular weight excluding hydrogens is 271 g/mol. The predicted molar refractivity (Wildman–Crippen MR) is 79.4 cm³/mol. The molecule has 3 aromatic rings. The fourth-order valence-corrected chi connectivity index (χ4v) is 2.07. The Kier molecular flexibility index (Phi) is 4.43. The molecule has 1 aromatic carbocycles. The van der Waals surface area contributed by atoms with Gasteiger partial charge in [-0.3, -0.25) is 4.98 Å². The summed E-state index contributed by atoms with van der Waals surface area (Å²) < 4.78 is 5.21. The zero-order chi connectivity index (χ0) is 11.1. The number of aryl methyl sites for hydroxylation is 1. The number of hydrogen-bond acceptors (Lipinski definition) is 2. The number of ether oxygens (including phenoxy) is 1. The van der Waals surface area contributed by atoms with E-state index in [4.69, 9.17) is 4.74 Å². The van der Waals surface area contributed by atoms with Crippen molar-refractivity contribution in [1.29, 1.82) is 0 Å². The van der Waals surface area contributed by atoms with Gasteiger partial charge in [-0.1, -0.05) is 0 Å². The van der Waals surface area contributed by atoms with Gasteiger partial charge in [0.05, 0.1) is 23.8 Å². The zero-order valence-corrected chi connectivity index (χ0v) is 11.7. The number of fused-ring (bicyclic) bond motifs is 3. The smallest absolute Gasteiger partial charge is 0.120 e. The molecule has 0 amide bonds. The van der Waals surface area contributed by atoms with Gasteiger partial charge in [-0.05, 0) is 25.1 Å². The van der Waals surface area contributed by atoms with Gasteiger partial charge in [0.1, 0.15) is 5.75 Å². The van der Waals surface area contributed by atoms with Crippen molar-refractivity contribution >= 4 is 46.6 Å². The number of pyridine rings is 1. The number of hydrogen-bond donors (Lipinski definition) is 1. The van der Waals surface area contributed by atoms with Crippen molar-refractivity contribution in [1.82, 2.24) is 9.97 Å². The third-order valence-corrected chi connectivity index (χ3v) is 2.92. The first-order chi connectivity index (χ1) is 7.79. The summed E-state index contributed by atoms with van der Waals surface area (Å²) in [6.45, 7) is 2.01. The molecule has 3 rings (SSSR count). The summed E-state index contributed by atoms with van der Waals surface area (Å²) >= 11 is 0. The van der Waals surface area contributed by atoms with Gasteiger partial charge in [0.15, 0.2) is 0 Å². The number of halogens is 2. The second kappa shape index (κ2) is 5.46. The Bertz CT molecular complexity index is 679. The number of nitrogens with one attached hydrogen (secondary N) is 1. The summed E-state index contributed by atoms with van der Waals surface area (Å²) in [6, 6.07) is 8.10. The first kappa shape index (κ1) is 14.6. The maximum atomic E-state index is 5.21. The first-order valence-corrected chi connectivity index (χ1v) is 5.20. The molecular formula is C13H14Cl2N2O. The van der Waals surface area contributed by atoms with Gasteiger partial charge in [-0.2, -0.15) is 0 Å². The monoisotopic (exact) mass is 284 g/mol. The van der Waals surface area contributed by atoms with E-state index in [2.05, 4.69) is 16.0 Å². The van der Waals surface area contributed by atoms with Crippen LogP contribution in [0.25, 0.3) is 21.8 Å². The first-order valence-electron chi connectivity index (χ1n) is 5.20. The van der Waals surface area contributed by atoms with Crippen molar-refractivity contribution in [2.45, 2.75) is 6.92 Å². The van der Waals surface area contributed by atoms with Crippen LogP contribution < -0.4 is 4.74 Å². The van der Waals surface area contributed by atoms with Crippen LogP contribution in [0.5, 0.6) is 5.75 Å². The highest BCUT2D eigenvalue weighted by Gasteiger charge is 2.06. The zero-order valence-electron chi connectivity index (χ0n) is 10.1. The van der Waals surface area contributed by atoms with Crippen molar-refractivity contribution in [2.75, 3.05) is 7.11 Å². The van der Waals surface area contributed by atoms with Crippen LogP contribution in [0.3, 0.4) is 0 Å². The molecule has 0 fully saturated rings. The van der Waals surface area contributed by atoms with Gasteiger partial charge in [0.2, 0.25) is 0 Å². The van der Waals surface area contributed by atoms with Crippen LogP contribution in [0.2, 0.25) is 0 Å². The average Bonchev–Trinajstić information content (AvgIpc) is 2.68. The molecule has 0 saturated carbocycles. The Morgan fingerprint density at radius 3 is 2.61 bits per heavy atom. The summed E-state index contributed by atoms with van der Waals surface area (Å²) in [6.07, 6.45) is 1.84. The number of nitrogens with zero attached hydrogens (tertiary/aromatic N) is 1. The molecule has 0 bridgehead atoms. The van der Waals surface area contributed by atoms with Crippen molar-refractivity contribution in [2.24, 2.45) is 0 Å². The number of methoxy groups -OCH3 is 1. The molecule has 5 heteroatoms. The van der Waals surface area contributed by atoms with E-state index in [-0.39, 0.29) is 24.8 Å². The molecule has 0 aliphatic rings. The van der Waals surface area contributed by atoms with E-state index in [1.165, 1.54) is 10.8 Å². The second-order valence-electron chi connectivity index (χ2n) is 3.86. The molecule has 0 radical (unpaired) electrons. The molecule has 0 aliphatic carbocycles. The number of aromatic nitrogens is 2. The van der Waals surface area contributed by atoms with Crippen molar-refractivity contribution < 1.29 is 4.74 Å². The van der Waals surface area contributed by atoms with Crippen LogP contribution in [0.1, 0.15) is 5.69 Å². The minimum Gasteiger partial charge on any atom is -0.497 e. The van der Waals surface area contributed by atoms with E-state index < -0.39 is 0 Å². The van der Waals surface area contributed by atoms with Crippen LogP contribution in [0, 0.1) is 6.92 Å². The number of H-pyrrole nitrogens is 1. The average molecular weight is 285 g/mol. The lowest BCUT2D eigenvalue weighted by Gasteiger charge is -1.98. The van der Waals surface area contributed by atoms with Crippen molar-refractivity contribution in [3.8, 4) is 5.75 Å². The van der Waals surface area contributed by atoms with Crippen LogP contribution in [-0.2, 0) is 0 Å². The van der Waals surface area contributed by atoms with Crippen LogP contribution in [-0.4, -0.2) is 17.1 Å². The summed E-state index contributed by atoms with van der Waals surface area (Å²) in [5.41, 5.74) is 3.21. The van der Waals surface area contributed by atoms with Crippen LogP contribution in [0.4, 0.5) is 0 Å². The van der Waals surface area contributed by atoms with E-state index in [1.807, 2.05) is 31.3 Å². The minimum atomic E-state index is 0. The van der Waals surface area contributed by atoms with E-state index in [0.717, 1.165) is 22.5 Å². The van der Waals surface area contributed by atoms with E-state index in [0.29, 0.717) is 0 Å². The molecule has 0 saturated heterocycles. The van der Waals surface area contributed by atoms with Gasteiger partial charge in [-0.15, -0.1) is 24.8 Å². The quantitative estimate of drug-likeness (QED) is 0.737. The highest BCUT2D eigenvalue weighted by molar-refractivity contribution is 6.08. The van der Waals surface area contributed by atoms with Gasteiger partial charge in [0.25, 0.3) is 0 Å². The maximum absolute atomic E-state index is 5.21. The Balaban J connectivity index is 0.000000810. The highest BCUT2D eigenvalue weighted by atomic mass is 35.5. The van der Waals surface area contributed by atoms with Crippen LogP contribution in [0.15, 0.2) is 30.5 Å². The van der Waals surface area contributed by atoms with Crippen LogP contribution >= 0.6 is 24.8 Å². The lowest BCUT2D eigenvalue weighted by molar-refractivity contribution is 0.415. The molecule has 2 aromatic heterocycles. The highest BCUT2D eigenvalue weighted by Crippen LogP contribution is 2.28. The number of rotatable bonds is 1. The third kappa shape index (κ3) is 2.11. The molecule has 0 aliphatic heterocycles. The van der Waals surface area contributed by atoms with Gasteiger partial charge < -0.3 is 9.72 Å². The molecule has 0 spiro atoms. The fraction of sp³-hybridized carbons (Fsp3) is 0.154. The van der Waals surface area contributed by atoms with Gasteiger partial charge in [0, 0.05) is 23.0 Å². The molecule has 3 nitrogen and oxygen atoms in total. The molecule has 1 N–H and O–H groups in total. The van der Waals surface area contributed by atoms with Crippen molar-refractivity contribution in [3.63, 3.8) is 0 Å². The number of aromatic amines is 1. The van der Waals surface area contributed by atoms with Gasteiger partial charge in [-0.25, -0.2) is 0 Å². The minimum absolute atomic E-state index is 0. The lowest BCUT2D eigenvalue weighted by Crippen LogP contribution is -1.80. The molecule has 18 heavy (non-hydrogen) atoms. The summed E-state index contributed by atoms with van der Waals surface area (Å²) in [7, 11) is 1.68. The summed E-state index contributed by atoms with van der Waals surface area (Å²) in [4.78, 5) is 7.66. The molecule has 96 valence electrons. The summed E-state index contributed by atoms with van der Waals surface area (Å²) in [5, 5.41) is 2.42. The van der Waals surface area contributed by atoms with E-state index in [1.54, 1.807) is 7.11 Å². The molecule has 2 heterocycles. The van der Waals surface area contributed by atoms with Gasteiger partial charge >= 0.3 is 0 Å². The fourth-order valence-electron chi connectivity index (χ4n) is 2.07. The lowest BCUT2D eigenvalue weighted by atomic mass is 10.1. The predicted octanol–water partition coefficient (Wildman–Crippen LogP) is 3.88. The van der Waals surface area contributed by atoms with E-state index >= 15 is 0 Å². The largest absolute Gasteiger partial charge is 0.497 e. The topological polar surface area (TPSA) is 37.9 Å². The molecule has 0 unspecified atom stereocenters. The Hall–Kier alpha value is -1.45. The Morgan fingerprint density at radius 2 is 1.89 bits per heavy atom. The normalized spacial score (nSPS) is 9.89. The maximum Gasteiger partial charge on any atom is 0.120 e. The van der Waals surface area contributed by atoms with Crippen molar-refractivity contribution in [3.05, 3.63) is 36.2 Å². The van der Waals surface area contributed by atoms with E-state index in [9.17, 15) is 0 Å². The number of benzene rings is 1. The third-order valence-electron chi connectivity index (χ3n) is 2.92. The second-order valence-corrected chi connectivity index (χ2v) is 3.86. The Morgan fingerprint density at radius 1 is 1.11 bits per heavy atom. The Labute approximate surface area is 117 Å². The molecule has 0 atom stereocenters.